The number of rotatable bonds is 3. The van der Waals surface area contributed by atoms with Crippen LogP contribution in [0.15, 0.2) is 18.2 Å². The third-order valence-corrected chi connectivity index (χ3v) is 4.10. The van der Waals surface area contributed by atoms with Gasteiger partial charge in [-0.25, -0.2) is 0 Å². The highest BCUT2D eigenvalue weighted by molar-refractivity contribution is 5.56. The zero-order valence-electron chi connectivity index (χ0n) is 12.6. The minimum absolute atomic E-state index is 0.330. The summed E-state index contributed by atoms with van der Waals surface area (Å²) in [6.45, 7) is 4.03. The zero-order chi connectivity index (χ0) is 15.5. The average Bonchev–Trinajstić information content (AvgIpc) is 2.63. The van der Waals surface area contributed by atoms with Gasteiger partial charge < -0.3 is 10.2 Å². The van der Waals surface area contributed by atoms with Gasteiger partial charge in [0.1, 0.15) is 0 Å². The van der Waals surface area contributed by atoms with Gasteiger partial charge in [0, 0.05) is 25.3 Å². The summed E-state index contributed by atoms with van der Waals surface area (Å²) in [4.78, 5) is 1.90. The minimum Gasteiger partial charge on any atom is -0.371 e. The van der Waals surface area contributed by atoms with E-state index in [1.165, 1.54) is 6.07 Å². The van der Waals surface area contributed by atoms with Crippen molar-refractivity contribution in [3.05, 3.63) is 29.3 Å². The molecule has 21 heavy (non-hydrogen) atoms. The topological polar surface area (TPSA) is 15.3 Å². The van der Waals surface area contributed by atoms with Gasteiger partial charge in [0.2, 0.25) is 0 Å². The first-order chi connectivity index (χ1) is 9.91. The molecule has 0 bridgehead atoms. The summed E-state index contributed by atoms with van der Waals surface area (Å²) in [7, 11) is 1.73. The molecule has 1 unspecified atom stereocenters. The van der Waals surface area contributed by atoms with Crippen LogP contribution in [0.4, 0.5) is 18.9 Å². The number of hydrogen-bond donors (Lipinski definition) is 1. The molecular weight excluding hydrogens is 277 g/mol. The quantitative estimate of drug-likeness (QED) is 0.906. The Labute approximate surface area is 124 Å². The second-order valence-corrected chi connectivity index (χ2v) is 5.90. The Morgan fingerprint density at radius 3 is 2.67 bits per heavy atom. The lowest BCUT2D eigenvalue weighted by atomic mass is 10.0. The number of hydrogen-bond acceptors (Lipinski definition) is 2. The van der Waals surface area contributed by atoms with Gasteiger partial charge in [0.15, 0.2) is 0 Å². The summed E-state index contributed by atoms with van der Waals surface area (Å²) < 4.78 is 40.1. The Morgan fingerprint density at radius 2 is 2.00 bits per heavy atom. The molecule has 0 radical (unpaired) electrons. The van der Waals surface area contributed by atoms with Crippen molar-refractivity contribution in [2.24, 2.45) is 5.92 Å². The van der Waals surface area contributed by atoms with Gasteiger partial charge in [0.05, 0.1) is 5.56 Å². The first-order valence-electron chi connectivity index (χ1n) is 7.51. The van der Waals surface area contributed by atoms with E-state index in [9.17, 15) is 13.2 Å². The molecular formula is C16H23F3N2. The number of nitrogens with zero attached hydrogens (tertiary/aromatic N) is 1. The molecule has 0 aliphatic carbocycles. The highest BCUT2D eigenvalue weighted by Crippen LogP contribution is 2.38. The number of anilines is 1. The van der Waals surface area contributed by atoms with Crippen LogP contribution in [0.25, 0.3) is 0 Å². The molecule has 1 atom stereocenters. The van der Waals surface area contributed by atoms with Crippen LogP contribution in [-0.4, -0.2) is 20.1 Å². The van der Waals surface area contributed by atoms with Crippen LogP contribution in [0.2, 0.25) is 0 Å². The van der Waals surface area contributed by atoms with Crippen molar-refractivity contribution in [3.8, 4) is 0 Å². The maximum atomic E-state index is 13.4. The predicted octanol–water partition coefficient (Wildman–Crippen LogP) is 4.05. The molecule has 1 N–H and O–H groups in total. The fourth-order valence-electron chi connectivity index (χ4n) is 2.90. The van der Waals surface area contributed by atoms with E-state index in [-0.39, 0.29) is 0 Å². The molecule has 5 heteroatoms. The highest BCUT2D eigenvalue weighted by Gasteiger charge is 2.35. The van der Waals surface area contributed by atoms with Gasteiger partial charge in [0.25, 0.3) is 0 Å². The van der Waals surface area contributed by atoms with Crippen molar-refractivity contribution in [2.45, 2.75) is 38.9 Å². The van der Waals surface area contributed by atoms with Crippen molar-refractivity contribution >= 4 is 5.69 Å². The van der Waals surface area contributed by atoms with Crippen LogP contribution in [0, 0.1) is 5.92 Å². The molecule has 1 aromatic rings. The highest BCUT2D eigenvalue weighted by atomic mass is 19.4. The molecule has 1 saturated heterocycles. The Morgan fingerprint density at radius 1 is 1.24 bits per heavy atom. The molecule has 2 rings (SSSR count). The summed E-state index contributed by atoms with van der Waals surface area (Å²) in [5.41, 5.74) is 0.484. The predicted molar refractivity (Wildman–Crippen MR) is 79.4 cm³/mol. The number of alkyl halides is 3. The third-order valence-electron chi connectivity index (χ3n) is 4.10. The molecule has 0 saturated carbocycles. The van der Waals surface area contributed by atoms with E-state index >= 15 is 0 Å². The van der Waals surface area contributed by atoms with Gasteiger partial charge in [-0.15, -0.1) is 0 Å². The maximum Gasteiger partial charge on any atom is 0.418 e. The van der Waals surface area contributed by atoms with Crippen molar-refractivity contribution in [3.63, 3.8) is 0 Å². The smallest absolute Gasteiger partial charge is 0.371 e. The maximum absolute atomic E-state index is 13.4. The van der Waals surface area contributed by atoms with E-state index in [1.54, 1.807) is 19.2 Å². The Kier molecular flexibility index (Phi) is 5.14. The van der Waals surface area contributed by atoms with Gasteiger partial charge in [-0.1, -0.05) is 13.0 Å². The molecule has 1 aliphatic rings. The van der Waals surface area contributed by atoms with Crippen LogP contribution in [0.3, 0.4) is 0 Å². The monoisotopic (exact) mass is 300 g/mol. The molecule has 0 spiro atoms. The van der Waals surface area contributed by atoms with Crippen LogP contribution in [-0.2, 0) is 12.7 Å². The number of nitrogens with one attached hydrogen (secondary N) is 1. The average molecular weight is 300 g/mol. The molecule has 1 aromatic carbocycles. The van der Waals surface area contributed by atoms with E-state index in [1.807, 2.05) is 4.90 Å². The van der Waals surface area contributed by atoms with Gasteiger partial charge in [-0.3, -0.25) is 0 Å². The first-order valence-corrected chi connectivity index (χ1v) is 7.51. The molecule has 1 aliphatic heterocycles. The van der Waals surface area contributed by atoms with Crippen LogP contribution >= 0.6 is 0 Å². The van der Waals surface area contributed by atoms with E-state index in [0.717, 1.165) is 19.3 Å². The fourth-order valence-corrected chi connectivity index (χ4v) is 2.90. The summed E-state index contributed by atoms with van der Waals surface area (Å²) in [6.07, 6.45) is -1.31. The summed E-state index contributed by atoms with van der Waals surface area (Å²) >= 11 is 0. The lowest BCUT2D eigenvalue weighted by Crippen LogP contribution is -2.27. The van der Waals surface area contributed by atoms with E-state index in [2.05, 4.69) is 12.2 Å². The molecule has 2 nitrogen and oxygen atoms in total. The second-order valence-electron chi connectivity index (χ2n) is 5.90. The van der Waals surface area contributed by atoms with Crippen molar-refractivity contribution < 1.29 is 13.2 Å². The summed E-state index contributed by atoms with van der Waals surface area (Å²) in [5.74, 6) is 0.591. The van der Waals surface area contributed by atoms with Gasteiger partial charge in [-0.05, 0) is 49.9 Å². The molecule has 118 valence electrons. The second kappa shape index (κ2) is 6.69. The molecule has 0 aromatic heterocycles. The Hall–Kier alpha value is -1.23. The Balaban J connectivity index is 2.33. The standard InChI is InChI=1S/C16H23F3N2/c1-12-4-3-8-21(9-7-12)15-6-5-13(11-20-2)10-14(15)16(17,18)19/h5-6,10,12,20H,3-4,7-9,11H2,1-2H3. The van der Waals surface area contributed by atoms with Crippen LogP contribution in [0.5, 0.6) is 0 Å². The normalized spacial score (nSPS) is 20.4. The fraction of sp³-hybridized carbons (Fsp3) is 0.625. The SMILES string of the molecule is CNCc1ccc(N2CCCC(C)CC2)c(C(F)(F)F)c1. The van der Waals surface area contributed by atoms with E-state index in [4.69, 9.17) is 0 Å². The van der Waals surface area contributed by atoms with E-state index in [0.29, 0.717) is 36.8 Å². The van der Waals surface area contributed by atoms with Crippen LogP contribution < -0.4 is 10.2 Å². The molecule has 1 fully saturated rings. The van der Waals surface area contributed by atoms with Crippen molar-refractivity contribution in [1.82, 2.24) is 5.32 Å². The lowest BCUT2D eigenvalue weighted by Gasteiger charge is -2.27. The largest absolute Gasteiger partial charge is 0.418 e. The van der Waals surface area contributed by atoms with Crippen LogP contribution in [0.1, 0.15) is 37.3 Å². The third kappa shape index (κ3) is 4.13. The first kappa shape index (κ1) is 16.1. The summed E-state index contributed by atoms with van der Waals surface area (Å²) in [5, 5.41) is 2.90. The van der Waals surface area contributed by atoms with Gasteiger partial charge >= 0.3 is 6.18 Å². The molecule has 1 heterocycles. The lowest BCUT2D eigenvalue weighted by molar-refractivity contribution is -0.137. The summed E-state index contributed by atoms with van der Waals surface area (Å²) in [6, 6.07) is 4.70. The molecule has 0 amide bonds. The van der Waals surface area contributed by atoms with Gasteiger partial charge in [-0.2, -0.15) is 13.2 Å². The number of halogens is 3. The van der Waals surface area contributed by atoms with Crippen molar-refractivity contribution in [1.29, 1.82) is 0 Å². The zero-order valence-corrected chi connectivity index (χ0v) is 12.6. The Bertz CT molecular complexity index is 471. The number of benzene rings is 1. The van der Waals surface area contributed by atoms with Crippen molar-refractivity contribution in [2.75, 3.05) is 25.0 Å². The minimum atomic E-state index is -4.31. The van der Waals surface area contributed by atoms with E-state index < -0.39 is 11.7 Å².